The highest BCUT2D eigenvalue weighted by atomic mass is 32.1. The van der Waals surface area contributed by atoms with Crippen molar-refractivity contribution in [1.82, 2.24) is 24.6 Å². The van der Waals surface area contributed by atoms with Crippen molar-refractivity contribution in [2.75, 3.05) is 5.32 Å². The number of thiazole rings is 1. The topological polar surface area (TPSA) is 68.0 Å². The maximum Gasteiger partial charge on any atom is 0.254 e. The molecule has 3 heterocycles. The number of aromatic nitrogens is 5. The second kappa shape index (κ2) is 4.77. The number of anilines is 1. The number of rotatable bonds is 2. The molecule has 0 unspecified atom stereocenters. The fourth-order valence-corrected chi connectivity index (χ4v) is 3.72. The molecule has 21 heavy (non-hydrogen) atoms. The highest BCUT2D eigenvalue weighted by molar-refractivity contribution is 7.09. The first-order chi connectivity index (χ1) is 10.2. The molecule has 1 N–H and O–H groups in total. The highest BCUT2D eigenvalue weighted by Crippen LogP contribution is 2.27. The maximum absolute atomic E-state index is 4.46. The number of hydrogen-bond donors (Lipinski definition) is 1. The third-order valence-electron chi connectivity index (χ3n) is 4.13. The summed E-state index contributed by atoms with van der Waals surface area (Å²) in [5.41, 5.74) is 5.34. The van der Waals surface area contributed by atoms with Gasteiger partial charge >= 0.3 is 0 Å². The average Bonchev–Trinajstić information content (AvgIpc) is 3.11. The first kappa shape index (κ1) is 12.7. The molecule has 1 aliphatic carbocycles. The number of aryl methyl sites for hydroxylation is 2. The summed E-state index contributed by atoms with van der Waals surface area (Å²) in [5, 5.41) is 7.94. The summed E-state index contributed by atoms with van der Waals surface area (Å²) < 4.78 is 1.80. The van der Waals surface area contributed by atoms with Gasteiger partial charge in [0.05, 0.1) is 11.2 Å². The average molecular weight is 300 g/mol. The summed E-state index contributed by atoms with van der Waals surface area (Å²) in [5.74, 6) is 1.66. The normalized spacial score (nSPS) is 17.9. The predicted molar refractivity (Wildman–Crippen MR) is 81.8 cm³/mol. The van der Waals surface area contributed by atoms with Gasteiger partial charge in [-0.1, -0.05) is 0 Å². The number of fused-ring (bicyclic) bond motifs is 2. The Kier molecular flexibility index (Phi) is 2.88. The van der Waals surface area contributed by atoms with Gasteiger partial charge in [0.15, 0.2) is 0 Å². The van der Waals surface area contributed by atoms with Crippen LogP contribution in [0, 0.1) is 13.8 Å². The van der Waals surface area contributed by atoms with E-state index in [1.54, 1.807) is 22.2 Å². The third-order valence-corrected chi connectivity index (χ3v) is 5.03. The monoisotopic (exact) mass is 300 g/mol. The van der Waals surface area contributed by atoms with Gasteiger partial charge in [-0.2, -0.15) is 14.6 Å². The van der Waals surface area contributed by atoms with Crippen molar-refractivity contribution < 1.29 is 0 Å². The number of nitrogens with one attached hydrogen (secondary N) is 1. The molecule has 3 aromatic heterocycles. The second-order valence-corrected chi connectivity index (χ2v) is 6.39. The molecule has 0 aliphatic heterocycles. The van der Waals surface area contributed by atoms with Crippen LogP contribution in [0.25, 0.3) is 5.78 Å². The van der Waals surface area contributed by atoms with E-state index in [4.69, 9.17) is 0 Å². The van der Waals surface area contributed by atoms with Crippen LogP contribution in [0.3, 0.4) is 0 Å². The van der Waals surface area contributed by atoms with Crippen LogP contribution in [0.1, 0.15) is 28.2 Å². The fourth-order valence-electron chi connectivity index (χ4n) is 2.82. The predicted octanol–water partition coefficient (Wildman–Crippen LogP) is 2.17. The lowest BCUT2D eigenvalue weighted by molar-refractivity contribution is 0.604. The zero-order valence-corrected chi connectivity index (χ0v) is 12.8. The van der Waals surface area contributed by atoms with Crippen molar-refractivity contribution in [3.8, 4) is 0 Å². The van der Waals surface area contributed by atoms with E-state index in [2.05, 4.69) is 32.3 Å². The van der Waals surface area contributed by atoms with Gasteiger partial charge in [-0.3, -0.25) is 0 Å². The van der Waals surface area contributed by atoms with Crippen LogP contribution >= 0.6 is 11.3 Å². The molecular weight excluding hydrogens is 284 g/mol. The summed E-state index contributed by atoms with van der Waals surface area (Å²) in [4.78, 5) is 14.5. The van der Waals surface area contributed by atoms with Gasteiger partial charge < -0.3 is 5.32 Å². The summed E-state index contributed by atoms with van der Waals surface area (Å²) in [7, 11) is 0. The van der Waals surface area contributed by atoms with Gasteiger partial charge in [0, 0.05) is 28.6 Å². The summed E-state index contributed by atoms with van der Waals surface area (Å²) in [6, 6.07) is 0.408. The molecular formula is C14H16N6S. The molecule has 108 valence electrons. The summed E-state index contributed by atoms with van der Waals surface area (Å²) in [6.07, 6.45) is 4.71. The van der Waals surface area contributed by atoms with Crippen molar-refractivity contribution >= 4 is 22.9 Å². The SMILES string of the molecule is Cc1nc2ncnn2c(N[C@H]2CCc3ncsc3C2)c1C. The van der Waals surface area contributed by atoms with E-state index in [0.29, 0.717) is 11.8 Å². The van der Waals surface area contributed by atoms with Crippen molar-refractivity contribution in [2.24, 2.45) is 0 Å². The number of hydrogen-bond acceptors (Lipinski definition) is 6. The maximum atomic E-state index is 4.46. The van der Waals surface area contributed by atoms with Crippen molar-refractivity contribution in [1.29, 1.82) is 0 Å². The second-order valence-electron chi connectivity index (χ2n) is 5.45. The Morgan fingerprint density at radius 3 is 3.14 bits per heavy atom. The van der Waals surface area contributed by atoms with Gasteiger partial charge in [0.25, 0.3) is 5.78 Å². The molecule has 6 nitrogen and oxygen atoms in total. The van der Waals surface area contributed by atoms with E-state index in [-0.39, 0.29) is 0 Å². The van der Waals surface area contributed by atoms with E-state index in [1.807, 2.05) is 12.4 Å². The summed E-state index contributed by atoms with van der Waals surface area (Å²) in [6.45, 7) is 4.09. The van der Waals surface area contributed by atoms with E-state index >= 15 is 0 Å². The lowest BCUT2D eigenvalue weighted by Crippen LogP contribution is -2.28. The molecule has 0 saturated carbocycles. The van der Waals surface area contributed by atoms with Gasteiger partial charge in [0.2, 0.25) is 0 Å². The molecule has 0 bridgehead atoms. The lowest BCUT2D eigenvalue weighted by atomic mass is 9.97. The smallest absolute Gasteiger partial charge is 0.254 e. The van der Waals surface area contributed by atoms with E-state index < -0.39 is 0 Å². The van der Waals surface area contributed by atoms with Gasteiger partial charge in [-0.15, -0.1) is 11.3 Å². The van der Waals surface area contributed by atoms with Crippen molar-refractivity contribution in [2.45, 2.75) is 39.2 Å². The zero-order valence-electron chi connectivity index (χ0n) is 12.0. The van der Waals surface area contributed by atoms with Crippen molar-refractivity contribution in [3.05, 3.63) is 33.7 Å². The molecule has 0 radical (unpaired) electrons. The Morgan fingerprint density at radius 1 is 1.33 bits per heavy atom. The van der Waals surface area contributed by atoms with Crippen molar-refractivity contribution in [3.63, 3.8) is 0 Å². The standard InChI is InChI=1S/C14H16N6S/c1-8-9(2)18-14-15-6-17-20(14)13(8)19-10-3-4-11-12(5-10)21-7-16-11/h6-7,10,19H,3-5H2,1-2H3/t10-/m0/s1. The zero-order chi connectivity index (χ0) is 14.4. The minimum Gasteiger partial charge on any atom is -0.367 e. The van der Waals surface area contributed by atoms with Gasteiger partial charge in [-0.05, 0) is 26.7 Å². The fraction of sp³-hybridized carbons (Fsp3) is 0.429. The van der Waals surface area contributed by atoms with E-state index in [0.717, 1.165) is 36.3 Å². The van der Waals surface area contributed by atoms with Crippen LogP contribution in [-0.4, -0.2) is 30.6 Å². The minimum atomic E-state index is 0.408. The van der Waals surface area contributed by atoms with Gasteiger partial charge in [0.1, 0.15) is 12.1 Å². The molecule has 3 aromatic rings. The molecule has 0 amide bonds. The van der Waals surface area contributed by atoms with Crippen LogP contribution in [0.4, 0.5) is 5.82 Å². The first-order valence-electron chi connectivity index (χ1n) is 7.07. The molecule has 4 rings (SSSR count). The van der Waals surface area contributed by atoms with Crippen LogP contribution in [0.2, 0.25) is 0 Å². The minimum absolute atomic E-state index is 0.408. The highest BCUT2D eigenvalue weighted by Gasteiger charge is 2.22. The summed E-state index contributed by atoms with van der Waals surface area (Å²) >= 11 is 1.75. The quantitative estimate of drug-likeness (QED) is 0.785. The van der Waals surface area contributed by atoms with Crippen LogP contribution in [0.5, 0.6) is 0 Å². The molecule has 0 spiro atoms. The molecule has 7 heteroatoms. The Hall–Kier alpha value is -2.02. The van der Waals surface area contributed by atoms with E-state index in [1.165, 1.54) is 10.6 Å². The first-order valence-corrected chi connectivity index (χ1v) is 7.95. The lowest BCUT2D eigenvalue weighted by Gasteiger charge is -2.24. The van der Waals surface area contributed by atoms with Crippen LogP contribution in [-0.2, 0) is 12.8 Å². The molecule has 0 fully saturated rings. The van der Waals surface area contributed by atoms with Crippen LogP contribution in [0.15, 0.2) is 11.8 Å². The Balaban J connectivity index is 1.69. The molecule has 0 saturated heterocycles. The Morgan fingerprint density at radius 2 is 2.24 bits per heavy atom. The molecule has 0 aromatic carbocycles. The molecule has 1 atom stereocenters. The Labute approximate surface area is 126 Å². The van der Waals surface area contributed by atoms with E-state index in [9.17, 15) is 0 Å². The van der Waals surface area contributed by atoms with Crippen LogP contribution < -0.4 is 5.32 Å². The molecule has 1 aliphatic rings. The third kappa shape index (κ3) is 2.08. The Bertz CT molecular complexity index is 805. The van der Waals surface area contributed by atoms with Gasteiger partial charge in [-0.25, -0.2) is 9.97 Å². The largest absolute Gasteiger partial charge is 0.367 e. The number of nitrogens with zero attached hydrogens (tertiary/aromatic N) is 5.